The van der Waals surface area contributed by atoms with Gasteiger partial charge in [-0.1, -0.05) is 12.1 Å². The Morgan fingerprint density at radius 3 is 2.42 bits per heavy atom. The van der Waals surface area contributed by atoms with E-state index in [4.69, 9.17) is 16.3 Å². The first kappa shape index (κ1) is 22.3. The summed E-state index contributed by atoms with van der Waals surface area (Å²) in [7, 11) is 1.39. The smallest absolute Gasteiger partial charge is 0.289 e. The monoisotopic (exact) mass is 453 g/mol. The number of piperidine rings is 1. The van der Waals surface area contributed by atoms with Crippen LogP contribution in [0.3, 0.4) is 0 Å². The Morgan fingerprint density at radius 1 is 1.15 bits per heavy atom. The van der Waals surface area contributed by atoms with E-state index in [1.165, 1.54) is 31.5 Å². The van der Waals surface area contributed by atoms with Crippen molar-refractivity contribution in [2.75, 3.05) is 26.0 Å². The number of ketones is 1. The molecule has 1 aromatic carbocycles. The number of pyridine rings is 1. The lowest BCUT2D eigenvalue weighted by molar-refractivity contribution is -0.114. The molecule has 33 heavy (non-hydrogen) atoms. The standard InChI is InChI=1S/C23H24FN5O4/c1-33-22-17(11-16-18(19(30)20(25)31)12-29(26)21(16)27-22)23(32)28-8-6-14(7-9-28)10-13-2-4-15(24)5-3-13/h2-5,11-12,14H,6-10,26H2,1H3,(H2,25,31). The van der Waals surface area contributed by atoms with Gasteiger partial charge in [-0.15, -0.1) is 0 Å². The van der Waals surface area contributed by atoms with E-state index < -0.39 is 11.7 Å². The van der Waals surface area contributed by atoms with Crippen LogP contribution in [0.15, 0.2) is 36.5 Å². The van der Waals surface area contributed by atoms with Gasteiger partial charge in [0.2, 0.25) is 5.88 Å². The van der Waals surface area contributed by atoms with Crippen molar-refractivity contribution in [2.45, 2.75) is 19.3 Å². The molecule has 9 nitrogen and oxygen atoms in total. The average molecular weight is 453 g/mol. The van der Waals surface area contributed by atoms with Crippen molar-refractivity contribution in [3.63, 3.8) is 0 Å². The number of nitrogens with two attached hydrogens (primary N) is 2. The number of primary amides is 1. The quantitative estimate of drug-likeness (QED) is 0.331. The van der Waals surface area contributed by atoms with E-state index in [9.17, 15) is 18.8 Å². The number of hydrogen-bond acceptors (Lipinski definition) is 6. The highest BCUT2D eigenvalue weighted by atomic mass is 19.1. The Labute approximate surface area is 189 Å². The van der Waals surface area contributed by atoms with E-state index >= 15 is 0 Å². The number of nitrogen functional groups attached to an aromatic ring is 1. The van der Waals surface area contributed by atoms with Crippen LogP contribution in [-0.4, -0.2) is 52.4 Å². The second-order valence-corrected chi connectivity index (χ2v) is 8.13. The largest absolute Gasteiger partial charge is 0.480 e. The predicted octanol–water partition coefficient (Wildman–Crippen LogP) is 1.66. The molecule has 4 rings (SSSR count). The second-order valence-electron chi connectivity index (χ2n) is 8.13. The molecule has 2 amide bonds. The van der Waals surface area contributed by atoms with Crippen molar-refractivity contribution in [2.24, 2.45) is 11.7 Å². The SMILES string of the molecule is COc1nc2c(cc1C(=O)N1CCC(Cc3ccc(F)cc3)CC1)c(C(=O)C(N)=O)cn2N. The molecular formula is C23H24FN5O4. The topological polar surface area (TPSA) is 134 Å². The van der Waals surface area contributed by atoms with Crippen LogP contribution in [-0.2, 0) is 11.2 Å². The zero-order valence-corrected chi connectivity index (χ0v) is 18.1. The van der Waals surface area contributed by atoms with Gasteiger partial charge in [-0.2, -0.15) is 4.98 Å². The van der Waals surface area contributed by atoms with Gasteiger partial charge in [-0.25, -0.2) is 4.39 Å². The summed E-state index contributed by atoms with van der Waals surface area (Å²) in [4.78, 5) is 42.9. The fourth-order valence-electron chi connectivity index (χ4n) is 4.24. The molecule has 3 heterocycles. The number of fused-ring (bicyclic) bond motifs is 1. The third-order valence-corrected chi connectivity index (χ3v) is 6.00. The zero-order valence-electron chi connectivity index (χ0n) is 18.1. The van der Waals surface area contributed by atoms with Crippen LogP contribution in [0.2, 0.25) is 0 Å². The number of hydrogen-bond donors (Lipinski definition) is 2. The molecule has 0 saturated carbocycles. The maximum Gasteiger partial charge on any atom is 0.289 e. The average Bonchev–Trinajstić information content (AvgIpc) is 3.14. The number of likely N-dealkylation sites (tertiary alicyclic amines) is 1. The summed E-state index contributed by atoms with van der Waals surface area (Å²) in [6.45, 7) is 1.08. The van der Waals surface area contributed by atoms with Crippen LogP contribution >= 0.6 is 0 Å². The number of methoxy groups -OCH3 is 1. The summed E-state index contributed by atoms with van der Waals surface area (Å²) in [5, 5.41) is 0.247. The molecule has 2 aromatic heterocycles. The molecule has 0 bridgehead atoms. The number of carbonyl (C=O) groups excluding carboxylic acids is 3. The maximum absolute atomic E-state index is 13.3. The van der Waals surface area contributed by atoms with Crippen molar-refractivity contribution in [3.05, 3.63) is 59.0 Å². The van der Waals surface area contributed by atoms with Crippen LogP contribution in [0.5, 0.6) is 5.88 Å². The van der Waals surface area contributed by atoms with Crippen molar-refractivity contribution < 1.29 is 23.5 Å². The molecule has 10 heteroatoms. The van der Waals surface area contributed by atoms with Crippen LogP contribution in [0, 0.1) is 11.7 Å². The summed E-state index contributed by atoms with van der Waals surface area (Å²) in [5.74, 6) is 3.73. The number of nitrogens with zero attached hydrogens (tertiary/aromatic N) is 3. The first-order chi connectivity index (χ1) is 15.8. The Morgan fingerprint density at radius 2 is 1.82 bits per heavy atom. The number of Topliss-reactive ketones (excluding diaryl/α,β-unsaturated/α-hetero) is 1. The molecule has 1 saturated heterocycles. The van der Waals surface area contributed by atoms with Gasteiger partial charge in [-0.3, -0.25) is 19.1 Å². The Bertz CT molecular complexity index is 1230. The van der Waals surface area contributed by atoms with Crippen LogP contribution < -0.4 is 16.3 Å². The Hall–Kier alpha value is -3.95. The summed E-state index contributed by atoms with van der Waals surface area (Å²) in [6.07, 6.45) is 3.67. The minimum Gasteiger partial charge on any atom is -0.480 e. The van der Waals surface area contributed by atoms with Gasteiger partial charge in [0.1, 0.15) is 11.4 Å². The van der Waals surface area contributed by atoms with Gasteiger partial charge < -0.3 is 21.2 Å². The van der Waals surface area contributed by atoms with Crippen molar-refractivity contribution in [1.29, 1.82) is 0 Å². The summed E-state index contributed by atoms with van der Waals surface area (Å²) in [6, 6.07) is 7.94. The minimum atomic E-state index is -1.13. The molecule has 4 N–H and O–H groups in total. The van der Waals surface area contributed by atoms with Crippen LogP contribution in [0.25, 0.3) is 11.0 Å². The number of ether oxygens (including phenoxy) is 1. The zero-order chi connectivity index (χ0) is 23.7. The second kappa shape index (κ2) is 8.89. The highest BCUT2D eigenvalue weighted by Gasteiger charge is 2.28. The Kier molecular flexibility index (Phi) is 5.99. The highest BCUT2D eigenvalue weighted by molar-refractivity contribution is 6.44. The van der Waals surface area contributed by atoms with E-state index in [-0.39, 0.29) is 39.8 Å². The molecule has 3 aromatic rings. The van der Waals surface area contributed by atoms with Gasteiger partial charge in [0.05, 0.1) is 12.7 Å². The normalized spacial score (nSPS) is 14.4. The Balaban J connectivity index is 1.55. The van der Waals surface area contributed by atoms with Crippen LogP contribution in [0.1, 0.15) is 39.1 Å². The van der Waals surface area contributed by atoms with Crippen molar-refractivity contribution in [1.82, 2.24) is 14.6 Å². The fourth-order valence-corrected chi connectivity index (χ4v) is 4.24. The van der Waals surface area contributed by atoms with Gasteiger partial charge in [0.25, 0.3) is 17.6 Å². The number of amides is 2. The molecule has 1 aliphatic rings. The van der Waals surface area contributed by atoms with Crippen LogP contribution in [0.4, 0.5) is 4.39 Å². The fraction of sp³-hybridized carbons (Fsp3) is 0.304. The molecule has 0 atom stereocenters. The summed E-state index contributed by atoms with van der Waals surface area (Å²) < 4.78 is 19.5. The van der Waals surface area contributed by atoms with Crippen molar-refractivity contribution in [3.8, 4) is 5.88 Å². The molecule has 0 radical (unpaired) electrons. The van der Waals surface area contributed by atoms with Crippen molar-refractivity contribution >= 4 is 28.6 Å². The lowest BCUT2D eigenvalue weighted by Crippen LogP contribution is -2.39. The lowest BCUT2D eigenvalue weighted by Gasteiger charge is -2.32. The predicted molar refractivity (Wildman–Crippen MR) is 119 cm³/mol. The minimum absolute atomic E-state index is 0.0257. The molecule has 1 aliphatic heterocycles. The van der Waals surface area contributed by atoms with E-state index in [1.807, 2.05) is 0 Å². The van der Waals surface area contributed by atoms with E-state index in [0.29, 0.717) is 19.0 Å². The van der Waals surface area contributed by atoms with E-state index in [2.05, 4.69) is 4.98 Å². The van der Waals surface area contributed by atoms with Gasteiger partial charge in [0, 0.05) is 24.7 Å². The molecule has 0 aliphatic carbocycles. The number of rotatable bonds is 6. The number of benzene rings is 1. The molecule has 0 spiro atoms. The van der Waals surface area contributed by atoms with Gasteiger partial charge in [-0.05, 0) is 48.9 Å². The first-order valence-corrected chi connectivity index (χ1v) is 10.5. The summed E-state index contributed by atoms with van der Waals surface area (Å²) in [5.41, 5.74) is 6.54. The first-order valence-electron chi connectivity index (χ1n) is 10.5. The highest BCUT2D eigenvalue weighted by Crippen LogP contribution is 2.29. The van der Waals surface area contributed by atoms with Gasteiger partial charge in [0.15, 0.2) is 5.65 Å². The lowest BCUT2D eigenvalue weighted by atomic mass is 9.90. The third-order valence-electron chi connectivity index (χ3n) is 6.00. The molecule has 1 fully saturated rings. The molecule has 0 unspecified atom stereocenters. The molecular weight excluding hydrogens is 429 g/mol. The summed E-state index contributed by atoms with van der Waals surface area (Å²) >= 11 is 0. The van der Waals surface area contributed by atoms with Gasteiger partial charge >= 0.3 is 0 Å². The number of carbonyl (C=O) groups is 3. The van der Waals surface area contributed by atoms with E-state index in [0.717, 1.165) is 29.5 Å². The maximum atomic E-state index is 13.3. The third kappa shape index (κ3) is 4.36. The molecule has 172 valence electrons. The number of halogens is 1. The number of aromatic nitrogens is 2. The van der Waals surface area contributed by atoms with E-state index in [1.54, 1.807) is 17.0 Å².